The van der Waals surface area contributed by atoms with Crippen molar-refractivity contribution in [1.29, 1.82) is 0 Å². The van der Waals surface area contributed by atoms with Crippen LogP contribution < -0.4 is 5.32 Å². The molecule has 2 atom stereocenters. The van der Waals surface area contributed by atoms with Gasteiger partial charge in [0.1, 0.15) is 6.04 Å². The summed E-state index contributed by atoms with van der Waals surface area (Å²) in [5.41, 5.74) is 0. The summed E-state index contributed by atoms with van der Waals surface area (Å²) in [5.74, 6) is 0.856. The highest BCUT2D eigenvalue weighted by atomic mass is 16.2. The number of amides is 2. The van der Waals surface area contributed by atoms with Crippen LogP contribution >= 0.6 is 0 Å². The average molecular weight is 224 g/mol. The first-order valence-corrected chi connectivity index (χ1v) is 6.22. The van der Waals surface area contributed by atoms with Gasteiger partial charge in [-0.05, 0) is 25.7 Å². The Morgan fingerprint density at radius 2 is 2.12 bits per heavy atom. The van der Waals surface area contributed by atoms with Crippen LogP contribution in [0.2, 0.25) is 0 Å². The Morgan fingerprint density at radius 3 is 2.69 bits per heavy atom. The molecule has 4 nitrogen and oxygen atoms in total. The minimum absolute atomic E-state index is 0.00440. The van der Waals surface area contributed by atoms with Crippen molar-refractivity contribution in [3.63, 3.8) is 0 Å². The van der Waals surface area contributed by atoms with Gasteiger partial charge in [0.15, 0.2) is 0 Å². The molecule has 16 heavy (non-hydrogen) atoms. The second-order valence-electron chi connectivity index (χ2n) is 4.97. The van der Waals surface area contributed by atoms with E-state index in [2.05, 4.69) is 12.2 Å². The average Bonchev–Trinajstić information content (AvgIpc) is 3.04. The second kappa shape index (κ2) is 4.44. The zero-order valence-corrected chi connectivity index (χ0v) is 10.0. The van der Waals surface area contributed by atoms with E-state index < -0.39 is 0 Å². The van der Waals surface area contributed by atoms with Gasteiger partial charge in [0, 0.05) is 6.04 Å². The summed E-state index contributed by atoms with van der Waals surface area (Å²) in [4.78, 5) is 25.3. The van der Waals surface area contributed by atoms with Gasteiger partial charge < -0.3 is 10.2 Å². The van der Waals surface area contributed by atoms with E-state index in [4.69, 9.17) is 0 Å². The molecule has 0 aromatic heterocycles. The lowest BCUT2D eigenvalue weighted by Crippen LogP contribution is -2.60. The second-order valence-corrected chi connectivity index (χ2v) is 4.97. The van der Waals surface area contributed by atoms with Crippen LogP contribution in [0.5, 0.6) is 0 Å². The van der Waals surface area contributed by atoms with Crippen molar-refractivity contribution < 1.29 is 9.59 Å². The third kappa shape index (κ3) is 2.20. The molecule has 2 aliphatic rings. The molecule has 0 aromatic rings. The molecule has 1 aliphatic heterocycles. The highest BCUT2D eigenvalue weighted by Crippen LogP contribution is 2.35. The van der Waals surface area contributed by atoms with Crippen LogP contribution in [0.1, 0.15) is 39.5 Å². The first-order chi connectivity index (χ1) is 7.63. The molecule has 1 saturated heterocycles. The molecule has 2 rings (SSSR count). The van der Waals surface area contributed by atoms with Crippen molar-refractivity contribution >= 4 is 11.8 Å². The molecule has 1 N–H and O–H groups in total. The van der Waals surface area contributed by atoms with Crippen molar-refractivity contribution in [3.8, 4) is 0 Å². The Hall–Kier alpha value is -1.06. The third-order valence-electron chi connectivity index (χ3n) is 3.57. The van der Waals surface area contributed by atoms with Crippen LogP contribution in [0.4, 0.5) is 0 Å². The highest BCUT2D eigenvalue weighted by molar-refractivity contribution is 5.94. The zero-order chi connectivity index (χ0) is 11.7. The topological polar surface area (TPSA) is 49.4 Å². The van der Waals surface area contributed by atoms with Gasteiger partial charge in [-0.1, -0.05) is 19.8 Å². The summed E-state index contributed by atoms with van der Waals surface area (Å²) in [5, 5.41) is 2.66. The molecular formula is C12H20N2O2. The van der Waals surface area contributed by atoms with Gasteiger partial charge in [-0.15, -0.1) is 0 Å². The monoisotopic (exact) mass is 224 g/mol. The third-order valence-corrected chi connectivity index (χ3v) is 3.57. The Balaban J connectivity index is 2.06. The fourth-order valence-corrected chi connectivity index (χ4v) is 2.56. The van der Waals surface area contributed by atoms with Crippen LogP contribution in [0.25, 0.3) is 0 Å². The molecular weight excluding hydrogens is 204 g/mol. The summed E-state index contributed by atoms with van der Waals surface area (Å²) in [6, 6.07) is -0.0500. The lowest BCUT2D eigenvalue weighted by molar-refractivity contribution is -0.148. The molecule has 2 fully saturated rings. The predicted molar refractivity (Wildman–Crippen MR) is 60.7 cm³/mol. The molecule has 1 saturated carbocycles. The van der Waals surface area contributed by atoms with E-state index in [-0.39, 0.29) is 30.4 Å². The molecule has 90 valence electrons. The van der Waals surface area contributed by atoms with Crippen molar-refractivity contribution in [2.75, 3.05) is 6.54 Å². The van der Waals surface area contributed by atoms with Gasteiger partial charge in [0.05, 0.1) is 6.54 Å². The molecule has 2 unspecified atom stereocenters. The van der Waals surface area contributed by atoms with E-state index in [0.717, 1.165) is 12.3 Å². The van der Waals surface area contributed by atoms with Crippen molar-refractivity contribution in [3.05, 3.63) is 0 Å². The molecule has 4 heteroatoms. The smallest absolute Gasteiger partial charge is 0.243 e. The van der Waals surface area contributed by atoms with E-state index in [0.29, 0.717) is 6.42 Å². The summed E-state index contributed by atoms with van der Waals surface area (Å²) in [7, 11) is 0. The largest absolute Gasteiger partial charge is 0.345 e. The maximum absolute atomic E-state index is 11.9. The van der Waals surface area contributed by atoms with E-state index in [1.165, 1.54) is 12.8 Å². The molecule has 0 radical (unpaired) electrons. The number of nitrogens with zero attached hydrogens (tertiary/aromatic N) is 1. The maximum Gasteiger partial charge on any atom is 0.243 e. The Labute approximate surface area is 96.4 Å². The first kappa shape index (κ1) is 11.4. The molecule has 0 spiro atoms. The molecule has 0 aromatic carbocycles. The predicted octanol–water partition coefficient (Wildman–Crippen LogP) is 0.912. The summed E-state index contributed by atoms with van der Waals surface area (Å²) in [6.07, 6.45) is 4.33. The van der Waals surface area contributed by atoms with Crippen molar-refractivity contribution in [1.82, 2.24) is 10.2 Å². The Kier molecular flexibility index (Phi) is 3.17. The van der Waals surface area contributed by atoms with Gasteiger partial charge in [0.2, 0.25) is 11.8 Å². The zero-order valence-electron chi connectivity index (χ0n) is 10.0. The minimum atomic E-state index is -0.255. The minimum Gasteiger partial charge on any atom is -0.345 e. The van der Waals surface area contributed by atoms with Gasteiger partial charge in [-0.25, -0.2) is 0 Å². The number of rotatable bonds is 4. The van der Waals surface area contributed by atoms with Crippen LogP contribution in [-0.2, 0) is 9.59 Å². The van der Waals surface area contributed by atoms with Crippen LogP contribution in [-0.4, -0.2) is 35.3 Å². The van der Waals surface area contributed by atoms with Gasteiger partial charge in [0.25, 0.3) is 0 Å². The number of hydrogen-bond acceptors (Lipinski definition) is 2. The van der Waals surface area contributed by atoms with Crippen LogP contribution in [0.3, 0.4) is 0 Å². The van der Waals surface area contributed by atoms with E-state index in [1.807, 2.05) is 6.92 Å². The van der Waals surface area contributed by atoms with E-state index >= 15 is 0 Å². The fraction of sp³-hybridized carbons (Fsp3) is 0.833. The van der Waals surface area contributed by atoms with Gasteiger partial charge in [-0.2, -0.15) is 0 Å². The van der Waals surface area contributed by atoms with Crippen molar-refractivity contribution in [2.24, 2.45) is 5.92 Å². The SMILES string of the molecule is CCC1C(=O)NCC(=O)N1C(C)CC1CC1. The van der Waals surface area contributed by atoms with Crippen LogP contribution in [0.15, 0.2) is 0 Å². The number of nitrogens with one attached hydrogen (secondary N) is 1. The fourth-order valence-electron chi connectivity index (χ4n) is 2.56. The maximum atomic E-state index is 11.9. The van der Waals surface area contributed by atoms with Crippen molar-refractivity contribution in [2.45, 2.75) is 51.6 Å². The number of carbonyl (C=O) groups excluding carboxylic acids is 2. The lowest BCUT2D eigenvalue weighted by Gasteiger charge is -2.38. The van der Waals surface area contributed by atoms with Gasteiger partial charge >= 0.3 is 0 Å². The number of carbonyl (C=O) groups is 2. The van der Waals surface area contributed by atoms with E-state index in [1.54, 1.807) is 4.90 Å². The summed E-state index contributed by atoms with van der Waals surface area (Å²) >= 11 is 0. The van der Waals surface area contributed by atoms with Crippen LogP contribution in [0, 0.1) is 5.92 Å². The lowest BCUT2D eigenvalue weighted by atomic mass is 10.0. The number of hydrogen-bond donors (Lipinski definition) is 1. The number of piperazine rings is 1. The molecule has 2 amide bonds. The normalized spacial score (nSPS) is 27.9. The highest BCUT2D eigenvalue weighted by Gasteiger charge is 2.37. The van der Waals surface area contributed by atoms with Gasteiger partial charge in [-0.3, -0.25) is 9.59 Å². The Morgan fingerprint density at radius 1 is 1.44 bits per heavy atom. The van der Waals surface area contributed by atoms with E-state index in [9.17, 15) is 9.59 Å². The molecule has 1 heterocycles. The quantitative estimate of drug-likeness (QED) is 0.771. The summed E-state index contributed by atoms with van der Waals surface area (Å²) in [6.45, 7) is 4.20. The first-order valence-electron chi connectivity index (χ1n) is 6.22. The molecule has 0 bridgehead atoms. The molecule has 1 aliphatic carbocycles. The summed E-state index contributed by atoms with van der Waals surface area (Å²) < 4.78 is 0. The standard InChI is InChI=1S/C12H20N2O2/c1-3-10-12(16)13-7-11(15)14(10)8(2)6-9-4-5-9/h8-10H,3-7H2,1-2H3,(H,13,16). The Bertz CT molecular complexity index is 299.